The molecule has 2 aliphatic carbocycles. The molecule has 4 rings (SSSR count). The summed E-state index contributed by atoms with van der Waals surface area (Å²) in [5.41, 5.74) is 4.02. The maximum absolute atomic E-state index is 14.0. The molecule has 1 saturated carbocycles. The fourth-order valence-corrected chi connectivity index (χ4v) is 5.24. The van der Waals surface area contributed by atoms with Crippen LogP contribution in [0.25, 0.3) is 5.69 Å². The van der Waals surface area contributed by atoms with Gasteiger partial charge in [-0.1, -0.05) is 37.1 Å². The Morgan fingerprint density at radius 1 is 1.07 bits per heavy atom. The summed E-state index contributed by atoms with van der Waals surface area (Å²) in [5.74, 6) is 0.295. The van der Waals surface area contributed by atoms with Gasteiger partial charge in [-0.3, -0.25) is 9.36 Å². The lowest BCUT2D eigenvalue weighted by Crippen LogP contribution is -2.36. The second-order valence-corrected chi connectivity index (χ2v) is 9.33. The van der Waals surface area contributed by atoms with Gasteiger partial charge in [0.05, 0.1) is 11.7 Å². The molecule has 2 aromatic rings. The fraction of sp³-hybridized carbons (Fsp3) is 0.520. The highest BCUT2D eigenvalue weighted by Gasteiger charge is 2.35. The van der Waals surface area contributed by atoms with Crippen LogP contribution in [0.3, 0.4) is 0 Å². The van der Waals surface area contributed by atoms with Crippen molar-refractivity contribution >= 4 is 0 Å². The van der Waals surface area contributed by atoms with Crippen LogP contribution in [0, 0.1) is 36.3 Å². The largest absolute Gasteiger partial charge is 0.284 e. The lowest BCUT2D eigenvalue weighted by Gasteiger charge is -2.42. The van der Waals surface area contributed by atoms with Crippen molar-refractivity contribution in [3.63, 3.8) is 0 Å². The molecular weight excluding hydrogens is 366 g/mol. The van der Waals surface area contributed by atoms with Crippen molar-refractivity contribution in [2.24, 2.45) is 17.8 Å². The third-order valence-corrected chi connectivity index (χ3v) is 7.09. The van der Waals surface area contributed by atoms with Crippen LogP contribution >= 0.6 is 0 Å². The molecule has 1 aromatic heterocycles. The molecule has 0 spiro atoms. The molecule has 4 heteroatoms. The Balaban J connectivity index is 1.56. The van der Waals surface area contributed by atoms with Crippen molar-refractivity contribution in [2.45, 2.75) is 65.8 Å². The van der Waals surface area contributed by atoms with E-state index in [0.29, 0.717) is 35.0 Å². The van der Waals surface area contributed by atoms with Crippen LogP contribution in [0.1, 0.15) is 64.5 Å². The van der Waals surface area contributed by atoms with Gasteiger partial charge in [-0.2, -0.15) is 0 Å². The minimum atomic E-state index is -0.783. The molecule has 29 heavy (non-hydrogen) atoms. The molecule has 4 atom stereocenters. The Kier molecular flexibility index (Phi) is 5.54. The lowest BCUT2D eigenvalue weighted by atomic mass is 9.70. The van der Waals surface area contributed by atoms with E-state index < -0.39 is 11.6 Å². The number of hydrogen-bond acceptors (Lipinski definition) is 0. The summed E-state index contributed by atoms with van der Waals surface area (Å²) in [6.07, 6.45) is 14.7. The van der Waals surface area contributed by atoms with Crippen molar-refractivity contribution in [2.75, 3.05) is 0 Å². The number of allylic oxidation sites excluding steroid dienone is 4. The first kappa shape index (κ1) is 20.2. The van der Waals surface area contributed by atoms with Crippen LogP contribution in [-0.4, -0.2) is 9.36 Å². The van der Waals surface area contributed by atoms with Crippen LogP contribution in [-0.2, 0) is 0 Å². The molecule has 0 radical (unpaired) electrons. The van der Waals surface area contributed by atoms with E-state index in [4.69, 9.17) is 0 Å². The molecule has 1 fully saturated rings. The summed E-state index contributed by atoms with van der Waals surface area (Å²) < 4.78 is 31.9. The van der Waals surface area contributed by atoms with E-state index in [1.807, 2.05) is 10.9 Å². The Labute approximate surface area is 172 Å². The smallest absolute Gasteiger partial charge is 0.161 e. The van der Waals surface area contributed by atoms with Crippen LogP contribution in [0.2, 0.25) is 0 Å². The van der Waals surface area contributed by atoms with E-state index in [0.717, 1.165) is 19.3 Å². The number of halogens is 2. The van der Waals surface area contributed by atoms with Crippen LogP contribution in [0.5, 0.6) is 0 Å². The molecule has 2 aliphatic rings. The minimum absolute atomic E-state index is 0.342. The van der Waals surface area contributed by atoms with Gasteiger partial charge < -0.3 is 0 Å². The van der Waals surface area contributed by atoms with Crippen LogP contribution in [0.15, 0.2) is 47.8 Å². The monoisotopic (exact) mass is 398 g/mol. The van der Waals surface area contributed by atoms with Crippen LogP contribution in [0.4, 0.5) is 8.78 Å². The summed E-state index contributed by atoms with van der Waals surface area (Å²) >= 11 is 0. The van der Waals surface area contributed by atoms with Gasteiger partial charge in [0.1, 0.15) is 0 Å². The Bertz CT molecular complexity index is 923. The van der Waals surface area contributed by atoms with Gasteiger partial charge in [0, 0.05) is 18.5 Å². The van der Waals surface area contributed by atoms with E-state index >= 15 is 0 Å². The molecule has 1 aromatic carbocycles. The molecule has 0 N–H and O–H groups in total. The lowest BCUT2D eigenvalue weighted by molar-refractivity contribution is 0.114. The second-order valence-electron chi connectivity index (χ2n) is 9.33. The van der Waals surface area contributed by atoms with Gasteiger partial charge in [0.25, 0.3) is 0 Å². The third-order valence-electron chi connectivity index (χ3n) is 7.09. The quantitative estimate of drug-likeness (QED) is 0.518. The van der Waals surface area contributed by atoms with E-state index in [1.54, 1.807) is 13.0 Å². The highest BCUT2D eigenvalue weighted by molar-refractivity contribution is 5.37. The highest BCUT2D eigenvalue weighted by atomic mass is 19.2. The van der Waals surface area contributed by atoms with Crippen molar-refractivity contribution < 1.29 is 8.78 Å². The van der Waals surface area contributed by atoms with Gasteiger partial charge in [-0.25, -0.2) is 8.78 Å². The first-order valence-electron chi connectivity index (χ1n) is 10.9. The predicted molar refractivity (Wildman–Crippen MR) is 114 cm³/mol. The summed E-state index contributed by atoms with van der Waals surface area (Å²) in [5, 5.41) is 0. The standard InChI is InChI=1S/C25H32F2N2/c1-16-6-5-7-20(10-16)13-21-11-17(2)19(4)24(14-21)29-9-8-28(29)22-12-18(3)25(27)23(26)15-22/h7-10,12,15,17,19,21,24H,5-6,11,13-14H2,1-4H3. The highest BCUT2D eigenvalue weighted by Crippen LogP contribution is 2.44. The normalized spacial score (nSPS) is 27.7. The number of aryl methyl sites for hydroxylation is 1. The molecule has 156 valence electrons. The Morgan fingerprint density at radius 3 is 2.52 bits per heavy atom. The summed E-state index contributed by atoms with van der Waals surface area (Å²) in [6.45, 7) is 8.53. The number of nitrogens with zero attached hydrogens (tertiary/aromatic N) is 2. The zero-order valence-corrected chi connectivity index (χ0v) is 18.0. The van der Waals surface area contributed by atoms with Crippen molar-refractivity contribution in [3.05, 3.63) is 65.0 Å². The Morgan fingerprint density at radius 2 is 1.86 bits per heavy atom. The topological polar surface area (TPSA) is 9.86 Å². The van der Waals surface area contributed by atoms with Crippen molar-refractivity contribution in [3.8, 4) is 5.69 Å². The van der Waals surface area contributed by atoms with Crippen molar-refractivity contribution in [1.29, 1.82) is 0 Å². The van der Waals surface area contributed by atoms with E-state index in [1.165, 1.54) is 30.1 Å². The number of benzene rings is 1. The van der Waals surface area contributed by atoms with E-state index in [9.17, 15) is 8.78 Å². The average molecular weight is 399 g/mol. The molecule has 0 aliphatic heterocycles. The average Bonchev–Trinajstić information content (AvgIpc) is 2.63. The maximum atomic E-state index is 14.0. The van der Waals surface area contributed by atoms with E-state index in [2.05, 4.69) is 43.8 Å². The predicted octanol–water partition coefficient (Wildman–Crippen LogP) is 7.15. The number of rotatable bonds is 4. The van der Waals surface area contributed by atoms with Gasteiger partial charge in [0.15, 0.2) is 11.6 Å². The first-order valence-corrected chi connectivity index (χ1v) is 10.9. The van der Waals surface area contributed by atoms with Gasteiger partial charge >= 0.3 is 0 Å². The molecular formula is C25H32F2N2. The molecule has 4 unspecified atom stereocenters. The summed E-state index contributed by atoms with van der Waals surface area (Å²) in [6, 6.07) is 3.40. The van der Waals surface area contributed by atoms with Crippen LogP contribution < -0.4 is 0 Å². The second kappa shape index (κ2) is 7.97. The maximum Gasteiger partial charge on any atom is 0.161 e. The van der Waals surface area contributed by atoms with Crippen molar-refractivity contribution in [1.82, 2.24) is 9.36 Å². The number of hydrogen-bond donors (Lipinski definition) is 0. The molecule has 1 heterocycles. The molecule has 0 saturated heterocycles. The molecule has 2 nitrogen and oxygen atoms in total. The number of aromatic nitrogens is 2. The first-order chi connectivity index (χ1) is 13.8. The fourth-order valence-electron chi connectivity index (χ4n) is 5.24. The Hall–Kier alpha value is -2.10. The minimum Gasteiger partial charge on any atom is -0.284 e. The van der Waals surface area contributed by atoms with Gasteiger partial charge in [-0.15, -0.1) is 0 Å². The van der Waals surface area contributed by atoms with E-state index in [-0.39, 0.29) is 0 Å². The summed E-state index contributed by atoms with van der Waals surface area (Å²) in [7, 11) is 0. The SMILES string of the molecule is CC1=CC(CC2CC(C)C(C)C(n3ccn3-c3cc(C)c(F)c(F)c3)C2)=CCC1. The molecule has 0 amide bonds. The van der Waals surface area contributed by atoms with Gasteiger partial charge in [-0.05, 0) is 75.3 Å². The van der Waals surface area contributed by atoms with Gasteiger partial charge in [0.2, 0.25) is 0 Å². The molecule has 0 bridgehead atoms. The third kappa shape index (κ3) is 3.99. The summed E-state index contributed by atoms with van der Waals surface area (Å²) in [4.78, 5) is 0. The zero-order chi connectivity index (χ0) is 20.7. The zero-order valence-electron chi connectivity index (χ0n) is 18.0.